The summed E-state index contributed by atoms with van der Waals surface area (Å²) in [6, 6.07) is 4.02. The van der Waals surface area contributed by atoms with Crippen LogP contribution in [-0.2, 0) is 10.2 Å². The van der Waals surface area contributed by atoms with Gasteiger partial charge in [-0.05, 0) is 36.8 Å². The second-order valence-electron chi connectivity index (χ2n) is 8.42. The first-order valence-electron chi connectivity index (χ1n) is 9.95. The average molecular weight is 375 g/mol. The summed E-state index contributed by atoms with van der Waals surface area (Å²) in [5.41, 5.74) is 2.60. The first kappa shape index (κ1) is 21.3. The number of hydrogen-bond acceptors (Lipinski definition) is 3. The minimum absolute atomic E-state index is 0.00848. The zero-order valence-electron chi connectivity index (χ0n) is 17.7. The number of ether oxygens (including phenoxy) is 1. The fourth-order valence-electron chi connectivity index (χ4n) is 3.62. The molecule has 150 valence electrons. The van der Waals surface area contributed by atoms with Gasteiger partial charge in [0.15, 0.2) is 0 Å². The zero-order valence-corrected chi connectivity index (χ0v) is 17.7. The van der Waals surface area contributed by atoms with Crippen molar-refractivity contribution in [3.05, 3.63) is 28.8 Å². The molecule has 0 aromatic heterocycles. The molecule has 0 N–H and O–H groups in total. The van der Waals surface area contributed by atoms with E-state index in [1.807, 2.05) is 29.7 Å². The molecule has 5 nitrogen and oxygen atoms in total. The highest BCUT2D eigenvalue weighted by atomic mass is 16.5. The van der Waals surface area contributed by atoms with E-state index in [0.29, 0.717) is 37.4 Å². The van der Waals surface area contributed by atoms with Gasteiger partial charge < -0.3 is 14.5 Å². The van der Waals surface area contributed by atoms with E-state index in [-0.39, 0.29) is 17.2 Å². The summed E-state index contributed by atoms with van der Waals surface area (Å²) >= 11 is 0. The van der Waals surface area contributed by atoms with E-state index in [0.717, 1.165) is 30.5 Å². The lowest BCUT2D eigenvalue weighted by Crippen LogP contribution is -2.37. The van der Waals surface area contributed by atoms with Gasteiger partial charge in [-0.1, -0.05) is 33.8 Å². The highest BCUT2D eigenvalue weighted by Gasteiger charge is 2.28. The second-order valence-corrected chi connectivity index (χ2v) is 8.42. The first-order chi connectivity index (χ1) is 12.7. The molecule has 0 bridgehead atoms. The van der Waals surface area contributed by atoms with Crippen molar-refractivity contribution in [2.24, 2.45) is 0 Å². The molecule has 2 rings (SSSR count). The molecule has 2 amide bonds. The van der Waals surface area contributed by atoms with Crippen molar-refractivity contribution in [3.8, 4) is 5.75 Å². The smallest absolute Gasteiger partial charge is 0.257 e. The fourth-order valence-corrected chi connectivity index (χ4v) is 3.62. The standard InChI is InChI=1S/C22H34N2O3/c1-7-9-19(25)23-10-8-11-24(13-12-23)21(26)17-14-16(2)15-18(20(17)27-6)22(3,4)5/h14-15H,7-13H2,1-6H3. The average Bonchev–Trinajstić information content (AvgIpc) is 2.86. The molecule has 1 aliphatic rings. The topological polar surface area (TPSA) is 49.9 Å². The molecule has 1 heterocycles. The molecule has 0 unspecified atom stereocenters. The summed E-state index contributed by atoms with van der Waals surface area (Å²) in [5, 5.41) is 0. The Morgan fingerprint density at radius 2 is 1.70 bits per heavy atom. The Hall–Kier alpha value is -2.04. The van der Waals surface area contributed by atoms with Crippen LogP contribution >= 0.6 is 0 Å². The Bertz CT molecular complexity index is 692. The van der Waals surface area contributed by atoms with Gasteiger partial charge in [0.2, 0.25) is 5.91 Å². The summed E-state index contributed by atoms with van der Waals surface area (Å²) in [6.45, 7) is 13.0. The van der Waals surface area contributed by atoms with Gasteiger partial charge in [0.1, 0.15) is 5.75 Å². The van der Waals surface area contributed by atoms with Crippen LogP contribution in [-0.4, -0.2) is 54.9 Å². The van der Waals surface area contributed by atoms with Crippen LogP contribution in [0.15, 0.2) is 12.1 Å². The van der Waals surface area contributed by atoms with Gasteiger partial charge in [-0.25, -0.2) is 0 Å². The molecule has 1 saturated heterocycles. The van der Waals surface area contributed by atoms with Crippen molar-refractivity contribution in [2.75, 3.05) is 33.3 Å². The van der Waals surface area contributed by atoms with Crippen LogP contribution in [0.1, 0.15) is 68.4 Å². The van der Waals surface area contributed by atoms with Crippen molar-refractivity contribution in [2.45, 2.75) is 59.3 Å². The Morgan fingerprint density at radius 1 is 1.07 bits per heavy atom. The van der Waals surface area contributed by atoms with E-state index in [2.05, 4.69) is 26.8 Å². The van der Waals surface area contributed by atoms with E-state index in [1.54, 1.807) is 7.11 Å². The van der Waals surface area contributed by atoms with Crippen LogP contribution in [0.4, 0.5) is 0 Å². The van der Waals surface area contributed by atoms with Crippen LogP contribution in [0, 0.1) is 6.92 Å². The number of hydrogen-bond donors (Lipinski definition) is 0. The number of methoxy groups -OCH3 is 1. The molecule has 0 radical (unpaired) electrons. The van der Waals surface area contributed by atoms with E-state index in [1.165, 1.54) is 0 Å². The van der Waals surface area contributed by atoms with Gasteiger partial charge in [0, 0.05) is 38.2 Å². The third-order valence-electron chi connectivity index (χ3n) is 5.08. The highest BCUT2D eigenvalue weighted by Crippen LogP contribution is 2.35. The maximum Gasteiger partial charge on any atom is 0.257 e. The van der Waals surface area contributed by atoms with E-state index in [9.17, 15) is 9.59 Å². The molecule has 27 heavy (non-hydrogen) atoms. The molecule has 0 saturated carbocycles. The maximum absolute atomic E-state index is 13.3. The number of nitrogens with zero attached hydrogens (tertiary/aromatic N) is 2. The molecular weight excluding hydrogens is 340 g/mol. The fraction of sp³-hybridized carbons (Fsp3) is 0.636. The van der Waals surface area contributed by atoms with Crippen LogP contribution < -0.4 is 4.74 Å². The molecule has 1 aromatic rings. The number of amides is 2. The van der Waals surface area contributed by atoms with Gasteiger partial charge in [0.05, 0.1) is 12.7 Å². The summed E-state index contributed by atoms with van der Waals surface area (Å²) in [7, 11) is 1.63. The quantitative estimate of drug-likeness (QED) is 0.806. The summed E-state index contributed by atoms with van der Waals surface area (Å²) in [6.07, 6.45) is 2.24. The lowest BCUT2D eigenvalue weighted by Gasteiger charge is -2.27. The molecular formula is C22H34N2O3. The summed E-state index contributed by atoms with van der Waals surface area (Å²) < 4.78 is 5.68. The number of carbonyl (C=O) groups excluding carboxylic acids is 2. The minimum atomic E-state index is -0.117. The van der Waals surface area contributed by atoms with Gasteiger partial charge >= 0.3 is 0 Å². The highest BCUT2D eigenvalue weighted by molar-refractivity contribution is 5.98. The van der Waals surface area contributed by atoms with Gasteiger partial charge in [-0.2, -0.15) is 0 Å². The van der Waals surface area contributed by atoms with Crippen molar-refractivity contribution in [1.29, 1.82) is 0 Å². The van der Waals surface area contributed by atoms with Crippen LogP contribution in [0.2, 0.25) is 0 Å². The number of rotatable bonds is 4. The molecule has 5 heteroatoms. The Labute approximate surface area is 163 Å². The normalized spacial score (nSPS) is 15.5. The molecule has 0 aliphatic carbocycles. The third-order valence-corrected chi connectivity index (χ3v) is 5.08. The lowest BCUT2D eigenvalue weighted by molar-refractivity contribution is -0.131. The maximum atomic E-state index is 13.3. The predicted octanol–water partition coefficient (Wildman–Crippen LogP) is 3.78. The Morgan fingerprint density at radius 3 is 2.30 bits per heavy atom. The lowest BCUT2D eigenvalue weighted by atomic mass is 9.84. The van der Waals surface area contributed by atoms with Gasteiger partial charge in [-0.15, -0.1) is 0 Å². The van der Waals surface area contributed by atoms with E-state index >= 15 is 0 Å². The summed E-state index contributed by atoms with van der Waals surface area (Å²) in [4.78, 5) is 29.3. The van der Waals surface area contributed by atoms with Crippen molar-refractivity contribution in [3.63, 3.8) is 0 Å². The van der Waals surface area contributed by atoms with Crippen LogP contribution in [0.3, 0.4) is 0 Å². The first-order valence-corrected chi connectivity index (χ1v) is 9.95. The van der Waals surface area contributed by atoms with Crippen molar-refractivity contribution in [1.82, 2.24) is 9.80 Å². The van der Waals surface area contributed by atoms with E-state index < -0.39 is 0 Å². The minimum Gasteiger partial charge on any atom is -0.496 e. The van der Waals surface area contributed by atoms with Gasteiger partial charge in [0.25, 0.3) is 5.91 Å². The predicted molar refractivity (Wildman–Crippen MR) is 108 cm³/mol. The van der Waals surface area contributed by atoms with Crippen molar-refractivity contribution >= 4 is 11.8 Å². The third kappa shape index (κ3) is 5.02. The molecule has 1 aromatic carbocycles. The van der Waals surface area contributed by atoms with E-state index in [4.69, 9.17) is 4.74 Å². The molecule has 1 fully saturated rings. The summed E-state index contributed by atoms with van der Waals surface area (Å²) in [5.74, 6) is 0.849. The van der Waals surface area contributed by atoms with Crippen LogP contribution in [0.25, 0.3) is 0 Å². The largest absolute Gasteiger partial charge is 0.496 e. The molecule has 0 atom stereocenters. The van der Waals surface area contributed by atoms with Crippen LogP contribution in [0.5, 0.6) is 5.75 Å². The number of carbonyl (C=O) groups is 2. The van der Waals surface area contributed by atoms with Crippen molar-refractivity contribution < 1.29 is 14.3 Å². The Kier molecular flexibility index (Phi) is 6.90. The number of aryl methyl sites for hydroxylation is 1. The zero-order chi connectivity index (χ0) is 20.2. The SMILES string of the molecule is CCCC(=O)N1CCCN(C(=O)c2cc(C)cc(C(C)(C)C)c2OC)CC1. The number of benzene rings is 1. The van der Waals surface area contributed by atoms with Gasteiger partial charge in [-0.3, -0.25) is 9.59 Å². The molecule has 0 spiro atoms. The second kappa shape index (κ2) is 8.77. The Balaban J connectivity index is 2.27. The molecule has 1 aliphatic heterocycles. The monoisotopic (exact) mass is 374 g/mol.